The summed E-state index contributed by atoms with van der Waals surface area (Å²) in [6, 6.07) is -0.119. The lowest BCUT2D eigenvalue weighted by atomic mass is 9.98. The van der Waals surface area contributed by atoms with Gasteiger partial charge in [0.2, 0.25) is 0 Å². The first-order chi connectivity index (χ1) is 9.83. The molecule has 2 amide bonds. The maximum Gasteiger partial charge on any atom is 0.314 e. The van der Waals surface area contributed by atoms with Gasteiger partial charge in [0.05, 0.1) is 26.4 Å². The van der Waals surface area contributed by atoms with Gasteiger partial charge in [0.25, 0.3) is 0 Å². The second-order valence-corrected chi connectivity index (χ2v) is 4.84. The number of carbonyl (C=O) groups is 1. The van der Waals surface area contributed by atoms with E-state index in [0.29, 0.717) is 45.4 Å². The van der Waals surface area contributed by atoms with Crippen molar-refractivity contribution in [3.05, 3.63) is 0 Å². The van der Waals surface area contributed by atoms with Crippen LogP contribution in [0.4, 0.5) is 4.79 Å². The van der Waals surface area contributed by atoms with E-state index in [9.17, 15) is 4.79 Å². The summed E-state index contributed by atoms with van der Waals surface area (Å²) in [6.07, 6.45) is 2.26. The van der Waals surface area contributed by atoms with Crippen LogP contribution in [0, 0.1) is 5.92 Å². The van der Waals surface area contributed by atoms with Crippen molar-refractivity contribution in [3.63, 3.8) is 0 Å². The fraction of sp³-hybridized carbons (Fsp3) is 0.923. The van der Waals surface area contributed by atoms with Gasteiger partial charge in [0.1, 0.15) is 0 Å². The van der Waals surface area contributed by atoms with Crippen molar-refractivity contribution in [2.75, 3.05) is 59.2 Å². The second-order valence-electron chi connectivity index (χ2n) is 4.84. The fourth-order valence-electron chi connectivity index (χ4n) is 2.03. The van der Waals surface area contributed by atoms with E-state index in [1.165, 1.54) is 0 Å². The number of hydrogen-bond acceptors (Lipinski definition) is 5. The molecule has 0 atom stereocenters. The molecule has 0 unspecified atom stereocenters. The number of ether oxygens (including phenoxy) is 2. The van der Waals surface area contributed by atoms with E-state index >= 15 is 0 Å². The Hall–Kier alpha value is -0.890. The number of carbonyl (C=O) groups excluding carboxylic acids is 1. The van der Waals surface area contributed by atoms with Gasteiger partial charge in [-0.3, -0.25) is 0 Å². The average molecular weight is 288 g/mol. The lowest BCUT2D eigenvalue weighted by molar-refractivity contribution is 0.0524. The van der Waals surface area contributed by atoms with Crippen LogP contribution in [0.5, 0.6) is 0 Å². The lowest BCUT2D eigenvalue weighted by Crippen LogP contribution is -2.41. The van der Waals surface area contributed by atoms with Crippen LogP contribution >= 0.6 is 0 Å². The van der Waals surface area contributed by atoms with Crippen LogP contribution in [0.1, 0.15) is 12.8 Å². The zero-order valence-electron chi connectivity index (χ0n) is 12.2. The molecule has 1 heterocycles. The number of nitrogens with one attached hydrogen (secondary N) is 3. The van der Waals surface area contributed by atoms with Gasteiger partial charge in [-0.1, -0.05) is 0 Å². The van der Waals surface area contributed by atoms with Gasteiger partial charge < -0.3 is 31.2 Å². The Morgan fingerprint density at radius 2 is 1.80 bits per heavy atom. The number of rotatable bonds is 10. The molecule has 7 nitrogen and oxygen atoms in total. The van der Waals surface area contributed by atoms with Crippen LogP contribution in [0.15, 0.2) is 0 Å². The minimum atomic E-state index is -0.119. The Balaban J connectivity index is 1.84. The molecular formula is C13H28N4O3. The van der Waals surface area contributed by atoms with Gasteiger partial charge in [-0.25, -0.2) is 4.79 Å². The van der Waals surface area contributed by atoms with Crippen molar-refractivity contribution in [3.8, 4) is 0 Å². The van der Waals surface area contributed by atoms with E-state index in [1.807, 2.05) is 0 Å². The molecule has 20 heavy (non-hydrogen) atoms. The Labute approximate surface area is 120 Å². The number of urea groups is 1. The predicted octanol–water partition coefficient (Wildman–Crippen LogP) is -0.723. The minimum absolute atomic E-state index is 0.119. The van der Waals surface area contributed by atoms with Crippen molar-refractivity contribution in [1.29, 1.82) is 0 Å². The Morgan fingerprint density at radius 1 is 1.10 bits per heavy atom. The van der Waals surface area contributed by atoms with E-state index in [-0.39, 0.29) is 6.03 Å². The molecule has 1 rings (SSSR count). The highest BCUT2D eigenvalue weighted by atomic mass is 16.5. The van der Waals surface area contributed by atoms with Crippen molar-refractivity contribution < 1.29 is 14.3 Å². The highest BCUT2D eigenvalue weighted by Crippen LogP contribution is 2.09. The Kier molecular flexibility index (Phi) is 10.2. The van der Waals surface area contributed by atoms with Crippen LogP contribution in [0.3, 0.4) is 0 Å². The molecule has 0 aliphatic carbocycles. The standard InChI is InChI=1S/C13H28N4O3/c14-3-7-19-9-10-20-8-6-16-13(18)17-11-12-1-4-15-5-2-12/h12,15H,1-11,14H2,(H2,16,17,18). The first-order valence-corrected chi connectivity index (χ1v) is 7.41. The van der Waals surface area contributed by atoms with Crippen LogP contribution in [0.25, 0.3) is 0 Å². The zero-order valence-corrected chi connectivity index (χ0v) is 12.2. The van der Waals surface area contributed by atoms with Crippen molar-refractivity contribution in [2.45, 2.75) is 12.8 Å². The Morgan fingerprint density at radius 3 is 2.50 bits per heavy atom. The molecule has 0 spiro atoms. The molecule has 1 saturated heterocycles. The monoisotopic (exact) mass is 288 g/mol. The van der Waals surface area contributed by atoms with Crippen LogP contribution in [-0.4, -0.2) is 65.2 Å². The largest absolute Gasteiger partial charge is 0.378 e. The van der Waals surface area contributed by atoms with Crippen molar-refractivity contribution in [2.24, 2.45) is 11.7 Å². The number of piperidine rings is 1. The highest BCUT2D eigenvalue weighted by Gasteiger charge is 2.13. The maximum atomic E-state index is 11.5. The molecule has 0 saturated carbocycles. The summed E-state index contributed by atoms with van der Waals surface area (Å²) in [5, 5.41) is 8.98. The third-order valence-corrected chi connectivity index (χ3v) is 3.18. The number of amides is 2. The third-order valence-electron chi connectivity index (χ3n) is 3.18. The van der Waals surface area contributed by atoms with E-state index in [1.54, 1.807) is 0 Å². The molecule has 0 aromatic rings. The lowest BCUT2D eigenvalue weighted by Gasteiger charge is -2.22. The number of nitrogens with two attached hydrogens (primary N) is 1. The molecule has 0 aromatic carbocycles. The van der Waals surface area contributed by atoms with E-state index in [4.69, 9.17) is 15.2 Å². The van der Waals surface area contributed by atoms with Gasteiger partial charge in [-0.2, -0.15) is 0 Å². The summed E-state index contributed by atoms with van der Waals surface area (Å²) >= 11 is 0. The molecule has 5 N–H and O–H groups in total. The summed E-state index contributed by atoms with van der Waals surface area (Å²) < 4.78 is 10.5. The molecule has 1 aliphatic heterocycles. The molecule has 1 fully saturated rings. The van der Waals surface area contributed by atoms with Gasteiger partial charge in [0, 0.05) is 19.6 Å². The third kappa shape index (κ3) is 9.08. The second kappa shape index (κ2) is 11.9. The molecule has 0 bridgehead atoms. The smallest absolute Gasteiger partial charge is 0.314 e. The van der Waals surface area contributed by atoms with Gasteiger partial charge in [0.15, 0.2) is 0 Å². The molecule has 118 valence electrons. The van der Waals surface area contributed by atoms with Crippen LogP contribution < -0.4 is 21.7 Å². The first-order valence-electron chi connectivity index (χ1n) is 7.41. The molecular weight excluding hydrogens is 260 g/mol. The van der Waals surface area contributed by atoms with Crippen molar-refractivity contribution >= 4 is 6.03 Å². The zero-order chi connectivity index (χ0) is 14.5. The summed E-state index contributed by atoms with van der Waals surface area (Å²) in [5.74, 6) is 0.595. The summed E-state index contributed by atoms with van der Waals surface area (Å²) in [5.41, 5.74) is 5.28. The Bertz CT molecular complexity index is 248. The topological polar surface area (TPSA) is 97.6 Å². The predicted molar refractivity (Wildman–Crippen MR) is 77.7 cm³/mol. The molecule has 7 heteroatoms. The molecule has 1 aliphatic rings. The van der Waals surface area contributed by atoms with Gasteiger partial charge in [-0.15, -0.1) is 0 Å². The maximum absolute atomic E-state index is 11.5. The SMILES string of the molecule is NCCOCCOCCNC(=O)NCC1CCNCC1. The highest BCUT2D eigenvalue weighted by molar-refractivity contribution is 5.73. The molecule has 0 radical (unpaired) electrons. The fourth-order valence-corrected chi connectivity index (χ4v) is 2.03. The number of hydrogen-bond donors (Lipinski definition) is 4. The van der Waals surface area contributed by atoms with E-state index < -0.39 is 0 Å². The summed E-state index contributed by atoms with van der Waals surface area (Å²) in [6.45, 7) is 6.00. The van der Waals surface area contributed by atoms with Gasteiger partial charge in [-0.05, 0) is 31.8 Å². The summed E-state index contributed by atoms with van der Waals surface area (Å²) in [7, 11) is 0. The van der Waals surface area contributed by atoms with E-state index in [0.717, 1.165) is 32.5 Å². The van der Waals surface area contributed by atoms with Crippen molar-refractivity contribution in [1.82, 2.24) is 16.0 Å². The van der Waals surface area contributed by atoms with Gasteiger partial charge >= 0.3 is 6.03 Å². The summed E-state index contributed by atoms with van der Waals surface area (Å²) in [4.78, 5) is 11.5. The first kappa shape index (κ1) is 17.2. The normalized spacial score (nSPS) is 16.1. The average Bonchev–Trinajstić information content (AvgIpc) is 2.49. The molecule has 0 aromatic heterocycles. The van der Waals surface area contributed by atoms with E-state index in [2.05, 4.69) is 16.0 Å². The van der Waals surface area contributed by atoms with Crippen LogP contribution in [0.2, 0.25) is 0 Å². The quantitative estimate of drug-likeness (QED) is 0.398. The van der Waals surface area contributed by atoms with Crippen LogP contribution in [-0.2, 0) is 9.47 Å². The minimum Gasteiger partial charge on any atom is -0.378 e.